The molecule has 15 heavy (non-hydrogen) atoms. The van der Waals surface area contributed by atoms with Crippen LogP contribution in [-0.4, -0.2) is 24.6 Å². The van der Waals surface area contributed by atoms with Crippen molar-refractivity contribution < 1.29 is 8.42 Å². The summed E-state index contributed by atoms with van der Waals surface area (Å²) in [5, 5.41) is 0.0249. The van der Waals surface area contributed by atoms with E-state index in [1.54, 1.807) is 0 Å². The van der Waals surface area contributed by atoms with Gasteiger partial charge in [-0.15, -0.1) is 0 Å². The Morgan fingerprint density at radius 1 is 1.40 bits per heavy atom. The highest BCUT2D eigenvalue weighted by Gasteiger charge is 2.23. The van der Waals surface area contributed by atoms with Crippen molar-refractivity contribution in [3.05, 3.63) is 11.8 Å². The lowest BCUT2D eigenvalue weighted by Crippen LogP contribution is -2.14. The van der Waals surface area contributed by atoms with Crippen LogP contribution in [0, 0.1) is 0 Å². The van der Waals surface area contributed by atoms with Gasteiger partial charge in [-0.25, -0.2) is 18.4 Å². The van der Waals surface area contributed by atoms with Gasteiger partial charge in [-0.3, -0.25) is 0 Å². The Morgan fingerprint density at radius 2 is 2.07 bits per heavy atom. The molecule has 1 aromatic heterocycles. The number of hydrogen-bond donors (Lipinski definition) is 1. The van der Waals surface area contributed by atoms with E-state index in [-0.39, 0.29) is 11.0 Å². The summed E-state index contributed by atoms with van der Waals surface area (Å²) in [7, 11) is -3.30. The first kappa shape index (κ1) is 10.4. The number of nitrogen functional groups attached to an aromatic ring is 1. The van der Waals surface area contributed by atoms with Crippen LogP contribution >= 0.6 is 0 Å². The molecule has 1 aliphatic carbocycles. The number of aromatic nitrogens is 2. The molecule has 0 saturated heterocycles. The second kappa shape index (κ2) is 3.44. The van der Waals surface area contributed by atoms with Crippen LogP contribution < -0.4 is 5.73 Å². The lowest BCUT2D eigenvalue weighted by atomic mass is 9.83. The Kier molecular flexibility index (Phi) is 2.38. The minimum Gasteiger partial charge on any atom is -0.368 e. The van der Waals surface area contributed by atoms with Gasteiger partial charge in [0.25, 0.3) is 0 Å². The van der Waals surface area contributed by atoms with Gasteiger partial charge in [-0.2, -0.15) is 0 Å². The molecule has 0 radical (unpaired) electrons. The van der Waals surface area contributed by atoms with Crippen LogP contribution in [0.4, 0.5) is 5.95 Å². The molecule has 1 heterocycles. The molecule has 0 unspecified atom stereocenters. The highest BCUT2D eigenvalue weighted by molar-refractivity contribution is 7.90. The summed E-state index contributed by atoms with van der Waals surface area (Å²) >= 11 is 0. The summed E-state index contributed by atoms with van der Waals surface area (Å²) in [4.78, 5) is 7.80. The molecule has 82 valence electrons. The molecule has 5 nitrogen and oxygen atoms in total. The van der Waals surface area contributed by atoms with E-state index in [0.29, 0.717) is 5.92 Å². The van der Waals surface area contributed by atoms with Crippen LogP contribution in [0.15, 0.2) is 11.1 Å². The molecule has 2 N–H and O–H groups in total. The molecule has 1 fully saturated rings. The molecular weight excluding hydrogens is 214 g/mol. The zero-order valence-electron chi connectivity index (χ0n) is 8.47. The third-order valence-electron chi connectivity index (χ3n) is 2.64. The molecule has 0 aliphatic heterocycles. The van der Waals surface area contributed by atoms with Gasteiger partial charge in [0.05, 0.1) is 5.69 Å². The quantitative estimate of drug-likeness (QED) is 0.753. The van der Waals surface area contributed by atoms with E-state index >= 15 is 0 Å². The molecule has 1 aromatic rings. The normalized spacial score (nSPS) is 17.4. The third kappa shape index (κ3) is 2.09. The lowest BCUT2D eigenvalue weighted by molar-refractivity contribution is 0.410. The second-order valence-electron chi connectivity index (χ2n) is 3.89. The number of nitrogens with two attached hydrogens (primary N) is 1. The predicted octanol–water partition coefficient (Wildman–Crippen LogP) is 0.730. The fourth-order valence-corrected chi connectivity index (χ4v) is 2.16. The zero-order chi connectivity index (χ0) is 11.1. The van der Waals surface area contributed by atoms with E-state index in [4.69, 9.17) is 5.73 Å². The highest BCUT2D eigenvalue weighted by atomic mass is 32.2. The molecule has 6 heteroatoms. The topological polar surface area (TPSA) is 85.9 Å². The van der Waals surface area contributed by atoms with Gasteiger partial charge in [0.2, 0.25) is 5.95 Å². The number of sulfone groups is 1. The van der Waals surface area contributed by atoms with Crippen LogP contribution in [-0.2, 0) is 9.84 Å². The Balaban J connectivity index is 2.45. The van der Waals surface area contributed by atoms with Gasteiger partial charge in [0.15, 0.2) is 14.9 Å². The minimum absolute atomic E-state index is 0.0249. The van der Waals surface area contributed by atoms with Crippen molar-refractivity contribution in [2.24, 2.45) is 0 Å². The smallest absolute Gasteiger partial charge is 0.221 e. The second-order valence-corrected chi connectivity index (χ2v) is 5.85. The van der Waals surface area contributed by atoms with Crippen LogP contribution in [0.2, 0.25) is 0 Å². The molecule has 1 saturated carbocycles. The van der Waals surface area contributed by atoms with Crippen LogP contribution in [0.5, 0.6) is 0 Å². The van der Waals surface area contributed by atoms with Gasteiger partial charge in [-0.05, 0) is 18.9 Å². The van der Waals surface area contributed by atoms with E-state index in [0.717, 1.165) is 24.8 Å². The van der Waals surface area contributed by atoms with Crippen molar-refractivity contribution in [1.82, 2.24) is 9.97 Å². The number of rotatable bonds is 2. The minimum atomic E-state index is -3.30. The zero-order valence-corrected chi connectivity index (χ0v) is 9.29. The summed E-state index contributed by atoms with van der Waals surface area (Å²) in [5.41, 5.74) is 6.24. The molecule has 0 aromatic carbocycles. The SMILES string of the molecule is CS(=O)(=O)c1cc(C2CCC2)nc(N)n1. The van der Waals surface area contributed by atoms with Crippen molar-refractivity contribution >= 4 is 15.8 Å². The van der Waals surface area contributed by atoms with Crippen molar-refractivity contribution in [2.75, 3.05) is 12.0 Å². The van der Waals surface area contributed by atoms with Crippen molar-refractivity contribution in [2.45, 2.75) is 30.2 Å². The summed E-state index contributed by atoms with van der Waals surface area (Å²) in [5.74, 6) is 0.399. The van der Waals surface area contributed by atoms with E-state index in [9.17, 15) is 8.42 Å². The van der Waals surface area contributed by atoms with E-state index in [1.165, 1.54) is 12.5 Å². The van der Waals surface area contributed by atoms with E-state index in [2.05, 4.69) is 9.97 Å². The van der Waals surface area contributed by atoms with Crippen molar-refractivity contribution in [3.8, 4) is 0 Å². The standard InChI is InChI=1S/C9H13N3O2S/c1-15(13,14)8-5-7(6-3-2-4-6)11-9(10)12-8/h5-6H,2-4H2,1H3,(H2,10,11,12). The maximum absolute atomic E-state index is 11.3. The number of anilines is 1. The Morgan fingerprint density at radius 3 is 2.53 bits per heavy atom. The molecule has 0 atom stereocenters. The summed E-state index contributed by atoms with van der Waals surface area (Å²) in [6.45, 7) is 0. The average molecular weight is 227 g/mol. The monoisotopic (exact) mass is 227 g/mol. The highest BCUT2D eigenvalue weighted by Crippen LogP contribution is 2.35. The third-order valence-corrected chi connectivity index (χ3v) is 3.61. The fourth-order valence-electron chi connectivity index (χ4n) is 1.56. The number of nitrogens with zero attached hydrogens (tertiary/aromatic N) is 2. The van der Waals surface area contributed by atoms with Crippen molar-refractivity contribution in [1.29, 1.82) is 0 Å². The Hall–Kier alpha value is -1.17. The molecule has 2 rings (SSSR count). The summed E-state index contributed by atoms with van der Waals surface area (Å²) in [6, 6.07) is 1.54. The molecule has 1 aliphatic rings. The Labute approximate surface area is 88.7 Å². The van der Waals surface area contributed by atoms with E-state index < -0.39 is 9.84 Å². The van der Waals surface area contributed by atoms with Gasteiger partial charge >= 0.3 is 0 Å². The largest absolute Gasteiger partial charge is 0.368 e. The first-order valence-electron chi connectivity index (χ1n) is 4.81. The molecule has 0 spiro atoms. The molecule has 0 amide bonds. The van der Waals surface area contributed by atoms with Crippen molar-refractivity contribution in [3.63, 3.8) is 0 Å². The van der Waals surface area contributed by atoms with Gasteiger partial charge < -0.3 is 5.73 Å². The number of hydrogen-bond acceptors (Lipinski definition) is 5. The maximum atomic E-state index is 11.3. The molecule has 0 bridgehead atoms. The van der Waals surface area contributed by atoms with Crippen LogP contribution in [0.3, 0.4) is 0 Å². The van der Waals surface area contributed by atoms with Crippen LogP contribution in [0.1, 0.15) is 30.9 Å². The lowest BCUT2D eigenvalue weighted by Gasteiger charge is -2.24. The summed E-state index contributed by atoms with van der Waals surface area (Å²) in [6.07, 6.45) is 4.40. The first-order valence-corrected chi connectivity index (χ1v) is 6.70. The van der Waals surface area contributed by atoms with Crippen LogP contribution in [0.25, 0.3) is 0 Å². The molecular formula is C9H13N3O2S. The fraction of sp³-hybridized carbons (Fsp3) is 0.556. The Bertz CT molecular complexity index is 480. The van der Waals surface area contributed by atoms with Gasteiger partial charge in [0, 0.05) is 12.2 Å². The summed E-state index contributed by atoms with van der Waals surface area (Å²) < 4.78 is 22.6. The van der Waals surface area contributed by atoms with Gasteiger partial charge in [0.1, 0.15) is 0 Å². The van der Waals surface area contributed by atoms with Gasteiger partial charge in [-0.1, -0.05) is 6.42 Å². The maximum Gasteiger partial charge on any atom is 0.221 e. The average Bonchev–Trinajstić information content (AvgIpc) is 1.97. The predicted molar refractivity (Wildman–Crippen MR) is 56.1 cm³/mol. The van der Waals surface area contributed by atoms with E-state index in [1.807, 2.05) is 0 Å². The first-order chi connectivity index (χ1) is 6.97.